The van der Waals surface area contributed by atoms with Crippen molar-refractivity contribution in [1.82, 2.24) is 14.9 Å². The third kappa shape index (κ3) is 4.94. The molecule has 1 amide bonds. The number of halogens is 2. The molecule has 1 aromatic carbocycles. The summed E-state index contributed by atoms with van der Waals surface area (Å²) in [6.45, 7) is -0.608. The van der Waals surface area contributed by atoms with E-state index in [0.29, 0.717) is 21.4 Å². The lowest BCUT2D eigenvalue weighted by atomic mass is 9.88. The Bertz CT molecular complexity index is 1030. The summed E-state index contributed by atoms with van der Waals surface area (Å²) < 4.78 is 1.35. The minimum Gasteiger partial charge on any atom is -0.493 e. The van der Waals surface area contributed by atoms with Crippen LogP contribution in [-0.2, 0) is 11.3 Å². The maximum Gasteiger partial charge on any atom is 0.322 e. The van der Waals surface area contributed by atoms with E-state index >= 15 is 0 Å². The number of nitrogens with one attached hydrogen (secondary N) is 1. The third-order valence-electron chi connectivity index (χ3n) is 5.10. The van der Waals surface area contributed by atoms with Gasteiger partial charge in [-0.25, -0.2) is 0 Å². The molecule has 3 N–H and O–H groups in total. The monoisotopic (exact) mass is 453 g/mol. The van der Waals surface area contributed by atoms with Crippen LogP contribution in [0.1, 0.15) is 59.8 Å². The normalized spacial score (nSPS) is 14.5. The number of carbonyl (C=O) groups is 2. The molecule has 8 nitrogen and oxygen atoms in total. The van der Waals surface area contributed by atoms with Gasteiger partial charge in [0.05, 0.1) is 16.6 Å². The molecule has 2 aromatic rings. The Labute approximate surface area is 182 Å². The number of aliphatic carboxylic acids is 1. The highest BCUT2D eigenvalue weighted by Crippen LogP contribution is 2.32. The van der Waals surface area contributed by atoms with Gasteiger partial charge in [0.25, 0.3) is 11.5 Å². The van der Waals surface area contributed by atoms with Gasteiger partial charge in [-0.05, 0) is 30.5 Å². The molecule has 1 aromatic heterocycles. The average molecular weight is 454 g/mol. The predicted octanol–water partition coefficient (Wildman–Crippen LogP) is 3.17. The molecule has 160 valence electrons. The number of hydrogen-bond donors (Lipinski definition) is 3. The SMILES string of the molecule is O=C(O)CNC(=O)c1c(O)nc(C2CCCCC2)n(Cc2ccc(Cl)c(Cl)c2)c1=O. The fourth-order valence-electron chi connectivity index (χ4n) is 3.65. The first-order chi connectivity index (χ1) is 14.3. The van der Waals surface area contributed by atoms with Crippen molar-refractivity contribution in [2.45, 2.75) is 44.6 Å². The van der Waals surface area contributed by atoms with Crippen LogP contribution in [0.15, 0.2) is 23.0 Å². The van der Waals surface area contributed by atoms with Crippen molar-refractivity contribution >= 4 is 35.1 Å². The van der Waals surface area contributed by atoms with E-state index in [4.69, 9.17) is 28.3 Å². The summed E-state index contributed by atoms with van der Waals surface area (Å²) in [5.74, 6) is -2.60. The maximum atomic E-state index is 13.2. The Morgan fingerprint density at radius 2 is 1.87 bits per heavy atom. The highest BCUT2D eigenvalue weighted by Gasteiger charge is 2.27. The van der Waals surface area contributed by atoms with Crippen molar-refractivity contribution < 1.29 is 19.8 Å². The third-order valence-corrected chi connectivity index (χ3v) is 5.84. The van der Waals surface area contributed by atoms with E-state index in [-0.39, 0.29) is 12.5 Å². The Kier molecular flexibility index (Phi) is 6.99. The van der Waals surface area contributed by atoms with Gasteiger partial charge >= 0.3 is 5.97 Å². The first-order valence-electron chi connectivity index (χ1n) is 9.55. The Balaban J connectivity index is 2.08. The van der Waals surface area contributed by atoms with E-state index in [0.717, 1.165) is 32.1 Å². The van der Waals surface area contributed by atoms with Crippen molar-refractivity contribution in [2.75, 3.05) is 6.54 Å². The van der Waals surface area contributed by atoms with Crippen LogP contribution in [-0.4, -0.2) is 38.2 Å². The van der Waals surface area contributed by atoms with Gasteiger partial charge in [-0.1, -0.05) is 48.5 Å². The Morgan fingerprint density at radius 1 is 1.17 bits per heavy atom. The molecule has 1 aliphatic rings. The van der Waals surface area contributed by atoms with Gasteiger partial charge in [0.1, 0.15) is 12.4 Å². The van der Waals surface area contributed by atoms with Gasteiger partial charge in [-0.2, -0.15) is 4.98 Å². The second-order valence-corrected chi connectivity index (χ2v) is 8.03. The van der Waals surface area contributed by atoms with E-state index in [1.807, 2.05) is 0 Å². The van der Waals surface area contributed by atoms with E-state index in [9.17, 15) is 19.5 Å². The number of carbonyl (C=O) groups excluding carboxylic acids is 1. The van der Waals surface area contributed by atoms with Crippen molar-refractivity contribution in [1.29, 1.82) is 0 Å². The molecule has 10 heteroatoms. The summed E-state index contributed by atoms with van der Waals surface area (Å²) in [5, 5.41) is 21.9. The van der Waals surface area contributed by atoms with Crippen LogP contribution < -0.4 is 10.9 Å². The molecule has 1 fully saturated rings. The highest BCUT2D eigenvalue weighted by molar-refractivity contribution is 6.42. The molecular formula is C20H21Cl2N3O5. The number of rotatable bonds is 6. The summed E-state index contributed by atoms with van der Waals surface area (Å²) in [6, 6.07) is 4.94. The van der Waals surface area contributed by atoms with Crippen molar-refractivity contribution in [3.63, 3.8) is 0 Å². The van der Waals surface area contributed by atoms with Gasteiger partial charge < -0.3 is 15.5 Å². The zero-order chi connectivity index (χ0) is 21.8. The number of amides is 1. The van der Waals surface area contributed by atoms with Crippen molar-refractivity contribution in [3.8, 4) is 5.88 Å². The molecule has 0 saturated heterocycles. The molecule has 0 atom stereocenters. The van der Waals surface area contributed by atoms with E-state index < -0.39 is 35.4 Å². The van der Waals surface area contributed by atoms with E-state index in [1.165, 1.54) is 4.57 Å². The summed E-state index contributed by atoms with van der Waals surface area (Å²) in [7, 11) is 0. The quantitative estimate of drug-likeness (QED) is 0.617. The Hall–Kier alpha value is -2.58. The number of aromatic nitrogens is 2. The largest absolute Gasteiger partial charge is 0.493 e. The first-order valence-corrected chi connectivity index (χ1v) is 10.3. The molecule has 1 aliphatic carbocycles. The fraction of sp³-hybridized carbons (Fsp3) is 0.400. The molecule has 0 bridgehead atoms. The van der Waals surface area contributed by atoms with Gasteiger partial charge in [-0.3, -0.25) is 19.0 Å². The number of carboxylic acids is 1. The van der Waals surface area contributed by atoms with Gasteiger partial charge in [0.2, 0.25) is 5.88 Å². The number of carboxylic acid groups (broad SMARTS) is 1. The van der Waals surface area contributed by atoms with Crippen LogP contribution in [0.4, 0.5) is 0 Å². The molecule has 0 unspecified atom stereocenters. The fourth-order valence-corrected chi connectivity index (χ4v) is 3.97. The van der Waals surface area contributed by atoms with Crippen molar-refractivity contribution in [2.24, 2.45) is 0 Å². The zero-order valence-electron chi connectivity index (χ0n) is 16.0. The molecule has 1 heterocycles. The number of benzene rings is 1. The molecule has 30 heavy (non-hydrogen) atoms. The van der Waals surface area contributed by atoms with Gasteiger partial charge in [-0.15, -0.1) is 0 Å². The van der Waals surface area contributed by atoms with Crippen LogP contribution in [0.25, 0.3) is 0 Å². The summed E-state index contributed by atoms with van der Waals surface area (Å²) in [4.78, 5) is 40.5. The predicted molar refractivity (Wildman–Crippen MR) is 112 cm³/mol. The lowest BCUT2D eigenvalue weighted by molar-refractivity contribution is -0.135. The van der Waals surface area contributed by atoms with Crippen LogP contribution in [0, 0.1) is 0 Å². The standard InChI is InChI=1S/C20H21Cl2N3O5/c21-13-7-6-11(8-14(13)22)10-25-17(12-4-2-1-3-5-12)24-19(29)16(20(25)30)18(28)23-9-15(26)27/h6-8,12,29H,1-5,9-10H2,(H,23,28)(H,26,27). The van der Waals surface area contributed by atoms with Crippen LogP contribution in [0.2, 0.25) is 10.0 Å². The average Bonchev–Trinajstić information content (AvgIpc) is 2.71. The number of aromatic hydroxyl groups is 1. The molecule has 0 aliphatic heterocycles. The van der Waals surface area contributed by atoms with E-state index in [1.54, 1.807) is 18.2 Å². The molecule has 3 rings (SSSR count). The second kappa shape index (κ2) is 9.49. The first kappa shape index (κ1) is 22.1. The number of hydrogen-bond acceptors (Lipinski definition) is 5. The van der Waals surface area contributed by atoms with Gasteiger partial charge in [0, 0.05) is 5.92 Å². The lowest BCUT2D eigenvalue weighted by Crippen LogP contribution is -2.38. The minimum atomic E-state index is -1.27. The molecular weight excluding hydrogens is 433 g/mol. The summed E-state index contributed by atoms with van der Waals surface area (Å²) in [5.41, 5.74) is -0.652. The zero-order valence-corrected chi connectivity index (χ0v) is 17.5. The summed E-state index contributed by atoms with van der Waals surface area (Å²) in [6.07, 6.45) is 4.69. The molecule has 0 spiro atoms. The van der Waals surface area contributed by atoms with Crippen molar-refractivity contribution in [3.05, 3.63) is 55.5 Å². The second-order valence-electron chi connectivity index (χ2n) is 7.22. The van der Waals surface area contributed by atoms with Crippen LogP contribution in [0.5, 0.6) is 5.88 Å². The smallest absolute Gasteiger partial charge is 0.322 e. The van der Waals surface area contributed by atoms with Gasteiger partial charge in [0.15, 0.2) is 5.56 Å². The maximum absolute atomic E-state index is 13.2. The highest BCUT2D eigenvalue weighted by atomic mass is 35.5. The summed E-state index contributed by atoms with van der Waals surface area (Å²) >= 11 is 12.1. The topological polar surface area (TPSA) is 122 Å². The lowest BCUT2D eigenvalue weighted by Gasteiger charge is -2.25. The molecule has 1 saturated carbocycles. The Morgan fingerprint density at radius 3 is 2.50 bits per heavy atom. The molecule has 0 radical (unpaired) electrons. The van der Waals surface area contributed by atoms with Crippen LogP contribution in [0.3, 0.4) is 0 Å². The van der Waals surface area contributed by atoms with E-state index in [2.05, 4.69) is 10.3 Å². The minimum absolute atomic E-state index is 0.0312. The van der Waals surface area contributed by atoms with Crippen LogP contribution >= 0.6 is 23.2 Å². The number of nitrogens with zero attached hydrogens (tertiary/aromatic N) is 2.